The number of carbonyl (C=O) groups is 1. The van der Waals surface area contributed by atoms with Crippen LogP contribution in [0.5, 0.6) is 0 Å². The van der Waals surface area contributed by atoms with E-state index in [0.717, 1.165) is 17.5 Å². The maximum absolute atomic E-state index is 13.7. The van der Waals surface area contributed by atoms with Crippen molar-refractivity contribution in [2.75, 3.05) is 26.2 Å². The van der Waals surface area contributed by atoms with Gasteiger partial charge in [0.05, 0.1) is 25.4 Å². The molecule has 3 rings (SSSR count). The number of benzene rings is 2. The number of rotatable bonds is 13. The lowest BCUT2D eigenvalue weighted by Crippen LogP contribution is -2.46. The molecular formula is C32H47N3O3. The van der Waals surface area contributed by atoms with Crippen molar-refractivity contribution >= 4 is 16.8 Å². The van der Waals surface area contributed by atoms with E-state index in [9.17, 15) is 9.90 Å². The first-order valence-corrected chi connectivity index (χ1v) is 13.9. The van der Waals surface area contributed by atoms with Crippen molar-refractivity contribution in [2.24, 2.45) is 0 Å². The molecule has 0 radical (unpaired) electrons. The third kappa shape index (κ3) is 8.69. The maximum atomic E-state index is 13.7. The number of H-pyrrole nitrogens is 1. The third-order valence-corrected chi connectivity index (χ3v) is 7.01. The third-order valence-electron chi connectivity index (χ3n) is 7.01. The average Bonchev–Trinajstić information content (AvgIpc) is 3.27. The highest BCUT2D eigenvalue weighted by atomic mass is 16.5. The molecule has 0 aliphatic rings. The van der Waals surface area contributed by atoms with Gasteiger partial charge in [0, 0.05) is 42.8 Å². The Hall–Kier alpha value is -2.67. The van der Waals surface area contributed by atoms with Crippen LogP contribution in [0.3, 0.4) is 0 Å². The van der Waals surface area contributed by atoms with E-state index >= 15 is 0 Å². The van der Waals surface area contributed by atoms with Crippen LogP contribution >= 0.6 is 0 Å². The Morgan fingerprint density at radius 3 is 2.34 bits per heavy atom. The first-order valence-electron chi connectivity index (χ1n) is 13.9. The second kappa shape index (κ2) is 13.4. The van der Waals surface area contributed by atoms with Crippen molar-refractivity contribution in [3.8, 4) is 0 Å². The molecule has 2 N–H and O–H groups in total. The van der Waals surface area contributed by atoms with Crippen LogP contribution < -0.4 is 0 Å². The minimum Gasteiger partial charge on any atom is -0.389 e. The second-order valence-corrected chi connectivity index (χ2v) is 11.9. The number of para-hydroxylation sites is 1. The molecule has 38 heavy (non-hydrogen) atoms. The zero-order valence-electron chi connectivity index (χ0n) is 24.3. The summed E-state index contributed by atoms with van der Waals surface area (Å²) < 4.78 is 5.59. The number of nitrogens with zero attached hydrogens (tertiary/aromatic N) is 2. The Morgan fingerprint density at radius 2 is 1.71 bits per heavy atom. The fraction of sp³-hybridized carbons (Fsp3) is 0.531. The van der Waals surface area contributed by atoms with Crippen LogP contribution in [0.25, 0.3) is 10.9 Å². The molecule has 0 aliphatic heterocycles. The number of aliphatic hydroxyl groups is 1. The minimum atomic E-state index is -0.641. The average molecular weight is 522 g/mol. The summed E-state index contributed by atoms with van der Waals surface area (Å²) in [6.07, 6.45) is 2.24. The van der Waals surface area contributed by atoms with E-state index in [4.69, 9.17) is 4.74 Å². The van der Waals surface area contributed by atoms with Gasteiger partial charge < -0.3 is 19.7 Å². The van der Waals surface area contributed by atoms with Gasteiger partial charge in [-0.05, 0) is 62.3 Å². The highest BCUT2D eigenvalue weighted by molar-refractivity contribution is 5.83. The molecule has 1 aromatic heterocycles. The Bertz CT molecular complexity index is 1140. The van der Waals surface area contributed by atoms with Crippen LogP contribution in [0.4, 0.5) is 0 Å². The van der Waals surface area contributed by atoms with Crippen molar-refractivity contribution in [1.29, 1.82) is 0 Å². The maximum Gasteiger partial charge on any atom is 0.237 e. The molecule has 3 aromatic rings. The number of hydrogen-bond acceptors (Lipinski definition) is 4. The van der Waals surface area contributed by atoms with Crippen molar-refractivity contribution in [3.05, 3.63) is 71.4 Å². The van der Waals surface area contributed by atoms with Crippen LogP contribution in [-0.4, -0.2) is 70.3 Å². The minimum absolute atomic E-state index is 0.0588. The number of ether oxygens (including phenoxy) is 1. The number of amides is 1. The summed E-state index contributed by atoms with van der Waals surface area (Å²) in [5.41, 5.74) is 4.81. The molecule has 6 heteroatoms. The van der Waals surface area contributed by atoms with Crippen LogP contribution in [0.15, 0.2) is 54.7 Å². The Kier molecular flexibility index (Phi) is 10.5. The van der Waals surface area contributed by atoms with Crippen LogP contribution in [0.1, 0.15) is 65.2 Å². The van der Waals surface area contributed by atoms with E-state index in [0.29, 0.717) is 19.6 Å². The monoisotopic (exact) mass is 521 g/mol. The Labute approximate surface area is 229 Å². The molecule has 0 spiro atoms. The summed E-state index contributed by atoms with van der Waals surface area (Å²) in [5.74, 6) is 0.0652. The van der Waals surface area contributed by atoms with Gasteiger partial charge >= 0.3 is 0 Å². The van der Waals surface area contributed by atoms with E-state index in [1.54, 1.807) is 0 Å². The summed E-state index contributed by atoms with van der Waals surface area (Å²) >= 11 is 0. The van der Waals surface area contributed by atoms with E-state index in [-0.39, 0.29) is 36.6 Å². The van der Waals surface area contributed by atoms with E-state index in [1.807, 2.05) is 35.8 Å². The first kappa shape index (κ1) is 29.9. The molecular weight excluding hydrogens is 474 g/mol. The number of aromatic nitrogens is 1. The topological polar surface area (TPSA) is 68.8 Å². The normalized spacial score (nSPS) is 13.1. The fourth-order valence-electron chi connectivity index (χ4n) is 4.57. The fourth-order valence-corrected chi connectivity index (χ4v) is 4.57. The number of aromatic amines is 1. The van der Waals surface area contributed by atoms with Crippen LogP contribution in [0, 0.1) is 0 Å². The van der Waals surface area contributed by atoms with Crippen LogP contribution in [0.2, 0.25) is 0 Å². The van der Waals surface area contributed by atoms with E-state index in [1.165, 1.54) is 16.5 Å². The van der Waals surface area contributed by atoms with Gasteiger partial charge in [0.15, 0.2) is 0 Å². The lowest BCUT2D eigenvalue weighted by Gasteiger charge is -2.31. The predicted molar refractivity (Wildman–Crippen MR) is 156 cm³/mol. The van der Waals surface area contributed by atoms with Crippen molar-refractivity contribution < 1.29 is 14.6 Å². The summed E-state index contributed by atoms with van der Waals surface area (Å²) in [7, 11) is 0. The zero-order valence-corrected chi connectivity index (χ0v) is 24.3. The van der Waals surface area contributed by atoms with Crippen molar-refractivity contribution in [1.82, 2.24) is 14.8 Å². The molecule has 2 aromatic carbocycles. The van der Waals surface area contributed by atoms with Gasteiger partial charge in [-0.25, -0.2) is 0 Å². The molecule has 0 saturated carbocycles. The SMILES string of the molecule is CC(C)OC[C@H](O)CN(CC(=O)N(CCc1c[nH]c2ccccc12)Cc1ccc(C(C)(C)C)cc1)C(C)C. The van der Waals surface area contributed by atoms with Gasteiger partial charge in [-0.15, -0.1) is 0 Å². The summed E-state index contributed by atoms with van der Waals surface area (Å²) in [4.78, 5) is 21.1. The van der Waals surface area contributed by atoms with Gasteiger partial charge in [-0.2, -0.15) is 0 Å². The Morgan fingerprint density at radius 1 is 1.03 bits per heavy atom. The van der Waals surface area contributed by atoms with Crippen molar-refractivity contribution in [2.45, 2.75) is 85.1 Å². The number of aliphatic hydroxyl groups excluding tert-OH is 1. The molecule has 0 unspecified atom stereocenters. The number of fused-ring (bicyclic) bond motifs is 1. The number of carbonyl (C=O) groups excluding carboxylic acids is 1. The quantitative estimate of drug-likeness (QED) is 0.310. The predicted octanol–water partition coefficient (Wildman–Crippen LogP) is 5.53. The van der Waals surface area contributed by atoms with Gasteiger partial charge in [-0.1, -0.05) is 63.2 Å². The first-order chi connectivity index (χ1) is 17.9. The van der Waals surface area contributed by atoms with Gasteiger partial charge in [0.1, 0.15) is 0 Å². The Balaban J connectivity index is 1.75. The number of nitrogens with one attached hydrogen (secondary N) is 1. The molecule has 0 aliphatic carbocycles. The van der Waals surface area contributed by atoms with Gasteiger partial charge in [0.2, 0.25) is 5.91 Å². The van der Waals surface area contributed by atoms with Gasteiger partial charge in [-0.3, -0.25) is 9.69 Å². The summed E-state index contributed by atoms with van der Waals surface area (Å²) in [6.45, 7) is 16.7. The molecule has 0 bridgehead atoms. The highest BCUT2D eigenvalue weighted by Gasteiger charge is 2.23. The molecule has 1 amide bonds. The molecule has 0 saturated heterocycles. The lowest BCUT2D eigenvalue weighted by molar-refractivity contribution is -0.134. The van der Waals surface area contributed by atoms with Crippen LogP contribution in [-0.2, 0) is 27.9 Å². The van der Waals surface area contributed by atoms with E-state index < -0.39 is 6.10 Å². The standard InChI is InChI=1S/C32H47N3O3/c1-23(2)35(20-28(36)22-38-24(3)4)21-31(37)34(19-25-12-14-27(15-13-25)32(5,6)7)17-16-26-18-33-30-11-9-8-10-29(26)30/h8-15,18,23-24,28,33,36H,16-17,19-22H2,1-7H3/t28-/m1/s1. The summed E-state index contributed by atoms with van der Waals surface area (Å²) in [6, 6.07) is 17.0. The van der Waals surface area contributed by atoms with Gasteiger partial charge in [0.25, 0.3) is 0 Å². The van der Waals surface area contributed by atoms with E-state index in [2.05, 4.69) is 82.2 Å². The molecule has 1 atom stereocenters. The smallest absolute Gasteiger partial charge is 0.237 e. The second-order valence-electron chi connectivity index (χ2n) is 11.9. The zero-order chi connectivity index (χ0) is 27.9. The molecule has 1 heterocycles. The molecule has 0 fully saturated rings. The van der Waals surface area contributed by atoms with Crippen molar-refractivity contribution in [3.63, 3.8) is 0 Å². The number of hydrogen-bond donors (Lipinski definition) is 2. The largest absolute Gasteiger partial charge is 0.389 e. The highest BCUT2D eigenvalue weighted by Crippen LogP contribution is 2.23. The summed E-state index contributed by atoms with van der Waals surface area (Å²) in [5, 5.41) is 11.7. The lowest BCUT2D eigenvalue weighted by atomic mass is 9.87. The molecule has 6 nitrogen and oxygen atoms in total. The molecule has 208 valence electrons.